The fourth-order valence-electron chi connectivity index (χ4n) is 2.18. The third-order valence-corrected chi connectivity index (χ3v) is 3.46. The van der Waals surface area contributed by atoms with Gasteiger partial charge in [-0.25, -0.2) is 4.39 Å². The van der Waals surface area contributed by atoms with E-state index in [2.05, 4.69) is 5.32 Å². The van der Waals surface area contributed by atoms with Gasteiger partial charge in [-0.15, -0.1) is 0 Å². The molecule has 0 saturated heterocycles. The van der Waals surface area contributed by atoms with Crippen molar-refractivity contribution >= 4 is 0 Å². The van der Waals surface area contributed by atoms with Gasteiger partial charge in [0.2, 0.25) is 0 Å². The van der Waals surface area contributed by atoms with Crippen molar-refractivity contribution in [1.29, 1.82) is 0 Å². The Kier molecular flexibility index (Phi) is 5.31. The number of aromatic hydroxyl groups is 1. The topological polar surface area (TPSA) is 52.5 Å². The number of para-hydroxylation sites is 1. The lowest BCUT2D eigenvalue weighted by atomic mass is 10.0. The fraction of sp³-hybridized carbons (Fsp3) is 0.294. The molecule has 21 heavy (non-hydrogen) atoms. The number of phenols is 1. The number of hydrogen-bond donors (Lipinski definition) is 3. The van der Waals surface area contributed by atoms with Gasteiger partial charge in [-0.3, -0.25) is 0 Å². The van der Waals surface area contributed by atoms with Gasteiger partial charge < -0.3 is 15.5 Å². The number of nitrogens with one attached hydrogen (secondary N) is 1. The molecule has 2 atom stereocenters. The number of benzene rings is 2. The molecule has 2 aromatic carbocycles. The van der Waals surface area contributed by atoms with Crippen LogP contribution in [0.4, 0.5) is 4.39 Å². The van der Waals surface area contributed by atoms with Gasteiger partial charge in [0.05, 0.1) is 6.10 Å². The molecule has 0 fully saturated rings. The van der Waals surface area contributed by atoms with Crippen LogP contribution in [0.25, 0.3) is 0 Å². The van der Waals surface area contributed by atoms with Crippen molar-refractivity contribution in [1.82, 2.24) is 5.32 Å². The second-order valence-electron chi connectivity index (χ2n) is 5.21. The van der Waals surface area contributed by atoms with E-state index in [0.717, 1.165) is 5.56 Å². The van der Waals surface area contributed by atoms with E-state index in [9.17, 15) is 14.6 Å². The minimum atomic E-state index is -0.641. The summed E-state index contributed by atoms with van der Waals surface area (Å²) in [5.74, 6) is -0.0482. The first kappa shape index (κ1) is 15.5. The molecular formula is C17H20FNO2. The van der Waals surface area contributed by atoms with Crippen LogP contribution >= 0.6 is 0 Å². The molecule has 4 heteroatoms. The predicted molar refractivity (Wildman–Crippen MR) is 80.4 cm³/mol. The largest absolute Gasteiger partial charge is 0.508 e. The van der Waals surface area contributed by atoms with Gasteiger partial charge in [-0.2, -0.15) is 0 Å². The summed E-state index contributed by atoms with van der Waals surface area (Å²) in [6.45, 7) is 2.50. The average Bonchev–Trinajstić information content (AvgIpc) is 2.47. The molecule has 0 heterocycles. The van der Waals surface area contributed by atoms with Crippen molar-refractivity contribution in [3.63, 3.8) is 0 Å². The van der Waals surface area contributed by atoms with Gasteiger partial charge in [-0.1, -0.05) is 30.3 Å². The van der Waals surface area contributed by atoms with E-state index in [-0.39, 0.29) is 17.6 Å². The summed E-state index contributed by atoms with van der Waals surface area (Å²) in [7, 11) is 0. The highest BCUT2D eigenvalue weighted by Gasteiger charge is 2.12. The minimum absolute atomic E-state index is 0.0599. The molecule has 0 radical (unpaired) electrons. The highest BCUT2D eigenvalue weighted by atomic mass is 19.1. The third-order valence-electron chi connectivity index (χ3n) is 3.46. The molecule has 2 unspecified atom stereocenters. The number of rotatable bonds is 6. The maximum absolute atomic E-state index is 12.8. The van der Waals surface area contributed by atoms with Crippen LogP contribution in [-0.4, -0.2) is 16.3 Å². The predicted octanol–water partition coefficient (Wildman–Crippen LogP) is 3.13. The van der Waals surface area contributed by atoms with Gasteiger partial charge in [0.15, 0.2) is 0 Å². The summed E-state index contributed by atoms with van der Waals surface area (Å²) in [5, 5.41) is 23.1. The zero-order valence-electron chi connectivity index (χ0n) is 12.0. The Labute approximate surface area is 124 Å². The molecule has 0 saturated carbocycles. The van der Waals surface area contributed by atoms with Crippen LogP contribution in [0.1, 0.15) is 30.6 Å². The van der Waals surface area contributed by atoms with E-state index in [1.807, 2.05) is 19.1 Å². The molecule has 0 amide bonds. The smallest absolute Gasteiger partial charge is 0.123 e. The van der Waals surface area contributed by atoms with Crippen LogP contribution in [0.2, 0.25) is 0 Å². The van der Waals surface area contributed by atoms with E-state index in [0.29, 0.717) is 18.5 Å². The zero-order valence-corrected chi connectivity index (χ0v) is 12.0. The van der Waals surface area contributed by atoms with E-state index in [4.69, 9.17) is 0 Å². The Morgan fingerprint density at radius 3 is 2.43 bits per heavy atom. The first-order valence-electron chi connectivity index (χ1n) is 7.00. The first-order valence-corrected chi connectivity index (χ1v) is 7.00. The summed E-state index contributed by atoms with van der Waals surface area (Å²) in [4.78, 5) is 0. The van der Waals surface area contributed by atoms with Crippen LogP contribution in [0.5, 0.6) is 5.75 Å². The van der Waals surface area contributed by atoms with Crippen LogP contribution in [0.15, 0.2) is 48.5 Å². The summed E-state index contributed by atoms with van der Waals surface area (Å²) in [6.07, 6.45) is -0.128. The average molecular weight is 289 g/mol. The first-order chi connectivity index (χ1) is 10.1. The fourth-order valence-corrected chi connectivity index (χ4v) is 2.18. The molecule has 2 rings (SSSR count). The van der Waals surface area contributed by atoms with Gasteiger partial charge in [0.1, 0.15) is 11.6 Å². The standard InChI is InChI=1S/C17H20FNO2/c1-12(19-11-14-4-2-3-5-16(14)20)10-17(21)13-6-8-15(18)9-7-13/h2-9,12,17,19-21H,10-11H2,1H3. The molecule has 2 aromatic rings. The van der Waals surface area contributed by atoms with Crippen molar-refractivity contribution in [3.8, 4) is 5.75 Å². The Balaban J connectivity index is 1.85. The normalized spacial score (nSPS) is 13.9. The van der Waals surface area contributed by atoms with Crippen LogP contribution < -0.4 is 5.32 Å². The lowest BCUT2D eigenvalue weighted by Gasteiger charge is -2.18. The molecule has 112 valence electrons. The molecule has 0 aliphatic carbocycles. The van der Waals surface area contributed by atoms with Gasteiger partial charge >= 0.3 is 0 Å². The Hall–Kier alpha value is -1.91. The molecule has 0 spiro atoms. The van der Waals surface area contributed by atoms with Gasteiger partial charge in [-0.05, 0) is 37.1 Å². The summed E-state index contributed by atoms with van der Waals surface area (Å²) in [5.41, 5.74) is 1.52. The Morgan fingerprint density at radius 1 is 1.10 bits per heavy atom. The second-order valence-corrected chi connectivity index (χ2v) is 5.21. The third kappa shape index (κ3) is 4.55. The highest BCUT2D eigenvalue weighted by Crippen LogP contribution is 2.20. The Morgan fingerprint density at radius 2 is 1.76 bits per heavy atom. The number of phenolic OH excluding ortho intramolecular Hbond substituents is 1. The van der Waals surface area contributed by atoms with Gasteiger partial charge in [0, 0.05) is 18.2 Å². The molecule has 0 aliphatic rings. The molecule has 0 aliphatic heterocycles. The minimum Gasteiger partial charge on any atom is -0.508 e. The molecule has 3 nitrogen and oxygen atoms in total. The van der Waals surface area contributed by atoms with Crippen molar-refractivity contribution < 1.29 is 14.6 Å². The molecular weight excluding hydrogens is 269 g/mol. The van der Waals surface area contributed by atoms with E-state index in [1.165, 1.54) is 12.1 Å². The lowest BCUT2D eigenvalue weighted by molar-refractivity contribution is 0.153. The number of aliphatic hydroxyl groups excluding tert-OH is 1. The number of hydrogen-bond acceptors (Lipinski definition) is 3. The van der Waals surface area contributed by atoms with Crippen molar-refractivity contribution in [2.24, 2.45) is 0 Å². The molecule has 3 N–H and O–H groups in total. The number of halogens is 1. The summed E-state index contributed by atoms with van der Waals surface area (Å²) >= 11 is 0. The zero-order chi connectivity index (χ0) is 15.2. The van der Waals surface area contributed by atoms with Crippen molar-refractivity contribution in [2.45, 2.75) is 32.0 Å². The summed E-state index contributed by atoms with van der Waals surface area (Å²) in [6, 6.07) is 13.1. The molecule has 0 bridgehead atoms. The van der Waals surface area contributed by atoms with E-state index < -0.39 is 6.10 Å². The monoisotopic (exact) mass is 289 g/mol. The maximum atomic E-state index is 12.8. The van der Waals surface area contributed by atoms with Gasteiger partial charge in [0.25, 0.3) is 0 Å². The van der Waals surface area contributed by atoms with Crippen molar-refractivity contribution in [2.75, 3.05) is 0 Å². The number of aliphatic hydroxyl groups is 1. The molecule has 0 aromatic heterocycles. The summed E-state index contributed by atoms with van der Waals surface area (Å²) < 4.78 is 12.8. The lowest BCUT2D eigenvalue weighted by Crippen LogP contribution is -2.27. The second kappa shape index (κ2) is 7.20. The highest BCUT2D eigenvalue weighted by molar-refractivity contribution is 5.31. The Bertz CT molecular complexity index is 571. The van der Waals surface area contributed by atoms with E-state index >= 15 is 0 Å². The maximum Gasteiger partial charge on any atom is 0.123 e. The van der Waals surface area contributed by atoms with Crippen LogP contribution in [0, 0.1) is 5.82 Å². The van der Waals surface area contributed by atoms with Crippen LogP contribution in [-0.2, 0) is 6.54 Å². The van der Waals surface area contributed by atoms with Crippen LogP contribution in [0.3, 0.4) is 0 Å². The van der Waals surface area contributed by atoms with Crippen molar-refractivity contribution in [3.05, 3.63) is 65.5 Å². The van der Waals surface area contributed by atoms with E-state index in [1.54, 1.807) is 24.3 Å². The SMILES string of the molecule is CC(CC(O)c1ccc(F)cc1)NCc1ccccc1O. The quantitative estimate of drug-likeness (QED) is 0.766.